The summed E-state index contributed by atoms with van der Waals surface area (Å²) in [6.07, 6.45) is 7.00. The molecule has 1 spiro atoms. The van der Waals surface area contributed by atoms with Gasteiger partial charge in [-0.25, -0.2) is 4.98 Å². The van der Waals surface area contributed by atoms with Crippen LogP contribution in [0.4, 0.5) is 0 Å². The van der Waals surface area contributed by atoms with Crippen molar-refractivity contribution in [1.82, 2.24) is 19.8 Å². The predicted molar refractivity (Wildman–Crippen MR) is 102 cm³/mol. The first-order valence-corrected chi connectivity index (χ1v) is 9.73. The maximum atomic E-state index is 13.0. The Morgan fingerprint density at radius 1 is 1.23 bits per heavy atom. The third kappa shape index (κ3) is 3.40. The molecule has 26 heavy (non-hydrogen) atoms. The standard InChI is InChI=1S/C21H28N4O/c1-2-25-16-21(14-18(20(25)26)17-6-4-3-5-7-17)8-12-24(13-9-21)15-19-22-10-11-23-19/h3-7,10-11,18H,2,8-9,12-16H2,1H3,(H,22,23)/t18-/m1/s1. The van der Waals surface area contributed by atoms with Crippen LogP contribution in [0.25, 0.3) is 0 Å². The van der Waals surface area contributed by atoms with E-state index in [4.69, 9.17) is 0 Å². The van der Waals surface area contributed by atoms with E-state index >= 15 is 0 Å². The van der Waals surface area contributed by atoms with Gasteiger partial charge < -0.3 is 9.88 Å². The molecule has 2 aliphatic heterocycles. The van der Waals surface area contributed by atoms with Gasteiger partial charge in [-0.1, -0.05) is 30.3 Å². The number of carbonyl (C=O) groups excluding carboxylic acids is 1. The molecule has 1 atom stereocenters. The quantitative estimate of drug-likeness (QED) is 0.920. The molecule has 3 heterocycles. The molecule has 2 saturated heterocycles. The molecular weight excluding hydrogens is 324 g/mol. The number of rotatable bonds is 4. The Morgan fingerprint density at radius 3 is 2.65 bits per heavy atom. The van der Waals surface area contributed by atoms with Crippen LogP contribution in [0.15, 0.2) is 42.7 Å². The van der Waals surface area contributed by atoms with E-state index in [2.05, 4.69) is 38.8 Å². The van der Waals surface area contributed by atoms with Crippen molar-refractivity contribution < 1.29 is 4.79 Å². The summed E-state index contributed by atoms with van der Waals surface area (Å²) in [5, 5.41) is 0. The minimum Gasteiger partial charge on any atom is -0.348 e. The highest BCUT2D eigenvalue weighted by Crippen LogP contribution is 2.45. The number of amides is 1. The second-order valence-corrected chi connectivity index (χ2v) is 7.83. The summed E-state index contributed by atoms with van der Waals surface area (Å²) < 4.78 is 0. The number of nitrogens with zero attached hydrogens (tertiary/aromatic N) is 3. The summed E-state index contributed by atoms with van der Waals surface area (Å²) in [6.45, 7) is 6.87. The lowest BCUT2D eigenvalue weighted by atomic mass is 9.67. The van der Waals surface area contributed by atoms with Crippen LogP contribution in [0.1, 0.15) is 43.5 Å². The highest BCUT2D eigenvalue weighted by Gasteiger charge is 2.45. The van der Waals surface area contributed by atoms with E-state index in [-0.39, 0.29) is 11.3 Å². The maximum Gasteiger partial charge on any atom is 0.230 e. The molecule has 1 amide bonds. The molecular formula is C21H28N4O. The summed E-state index contributed by atoms with van der Waals surface area (Å²) in [5.41, 5.74) is 1.43. The van der Waals surface area contributed by atoms with E-state index in [1.807, 2.05) is 30.6 Å². The van der Waals surface area contributed by atoms with Crippen LogP contribution >= 0.6 is 0 Å². The maximum absolute atomic E-state index is 13.0. The van der Waals surface area contributed by atoms with Gasteiger partial charge in [-0.05, 0) is 50.3 Å². The van der Waals surface area contributed by atoms with E-state index in [1.54, 1.807) is 0 Å². The Hall–Kier alpha value is -2.14. The first kappa shape index (κ1) is 17.3. The molecule has 2 aromatic rings. The van der Waals surface area contributed by atoms with Crippen molar-refractivity contribution in [1.29, 1.82) is 0 Å². The number of hydrogen-bond acceptors (Lipinski definition) is 3. The summed E-state index contributed by atoms with van der Waals surface area (Å²) in [5.74, 6) is 1.36. The number of hydrogen-bond donors (Lipinski definition) is 1. The third-order valence-electron chi connectivity index (χ3n) is 6.20. The first-order valence-electron chi connectivity index (χ1n) is 9.73. The van der Waals surface area contributed by atoms with Crippen LogP contribution in [0, 0.1) is 5.41 Å². The van der Waals surface area contributed by atoms with Crippen LogP contribution < -0.4 is 0 Å². The number of nitrogens with one attached hydrogen (secondary N) is 1. The van der Waals surface area contributed by atoms with Crippen LogP contribution in [-0.2, 0) is 11.3 Å². The zero-order chi connectivity index (χ0) is 18.0. The van der Waals surface area contributed by atoms with Gasteiger partial charge in [0.1, 0.15) is 5.82 Å². The molecule has 0 saturated carbocycles. The molecule has 1 aromatic heterocycles. The lowest BCUT2D eigenvalue weighted by Gasteiger charge is -2.49. The van der Waals surface area contributed by atoms with Crippen LogP contribution in [0.5, 0.6) is 0 Å². The van der Waals surface area contributed by atoms with Crippen LogP contribution in [0.2, 0.25) is 0 Å². The lowest BCUT2D eigenvalue weighted by Crippen LogP contribution is -2.53. The second kappa shape index (κ2) is 7.23. The molecule has 0 unspecified atom stereocenters. The fourth-order valence-electron chi connectivity index (χ4n) is 4.65. The Labute approximate surface area is 155 Å². The van der Waals surface area contributed by atoms with Gasteiger partial charge in [-0.15, -0.1) is 0 Å². The van der Waals surface area contributed by atoms with Gasteiger partial charge in [-0.3, -0.25) is 9.69 Å². The topological polar surface area (TPSA) is 52.2 Å². The highest BCUT2D eigenvalue weighted by molar-refractivity contribution is 5.84. The van der Waals surface area contributed by atoms with Crippen molar-refractivity contribution in [2.45, 2.75) is 38.6 Å². The molecule has 5 nitrogen and oxygen atoms in total. The van der Waals surface area contributed by atoms with Gasteiger partial charge >= 0.3 is 0 Å². The molecule has 4 rings (SSSR count). The molecule has 0 aliphatic carbocycles. The monoisotopic (exact) mass is 352 g/mol. The van der Waals surface area contributed by atoms with Crippen molar-refractivity contribution in [2.75, 3.05) is 26.2 Å². The molecule has 5 heteroatoms. The van der Waals surface area contributed by atoms with Crippen LogP contribution in [0.3, 0.4) is 0 Å². The average Bonchev–Trinajstić information content (AvgIpc) is 3.19. The van der Waals surface area contributed by atoms with Gasteiger partial charge in [-0.2, -0.15) is 0 Å². The number of carbonyl (C=O) groups is 1. The van der Waals surface area contributed by atoms with E-state index < -0.39 is 0 Å². The minimum absolute atomic E-state index is 0.0153. The SMILES string of the molecule is CCN1CC2(CCN(Cc3ncc[nH]3)CC2)C[C@H](c2ccccc2)C1=O. The van der Waals surface area contributed by atoms with Gasteiger partial charge in [0.05, 0.1) is 12.5 Å². The van der Waals surface area contributed by atoms with Crippen molar-refractivity contribution >= 4 is 5.91 Å². The molecule has 0 radical (unpaired) electrons. The molecule has 0 bridgehead atoms. The fourth-order valence-corrected chi connectivity index (χ4v) is 4.65. The number of piperidine rings is 2. The van der Waals surface area contributed by atoms with E-state index in [1.165, 1.54) is 5.56 Å². The molecule has 2 fully saturated rings. The number of benzene rings is 1. The lowest BCUT2D eigenvalue weighted by molar-refractivity contribution is -0.141. The number of aromatic amines is 1. The summed E-state index contributed by atoms with van der Waals surface area (Å²) >= 11 is 0. The van der Waals surface area contributed by atoms with E-state index in [9.17, 15) is 4.79 Å². The van der Waals surface area contributed by atoms with E-state index in [0.717, 1.165) is 57.8 Å². The predicted octanol–water partition coefficient (Wildman–Crippen LogP) is 3.03. The number of H-pyrrole nitrogens is 1. The summed E-state index contributed by atoms with van der Waals surface area (Å²) in [4.78, 5) is 25.1. The Morgan fingerprint density at radius 2 is 2.00 bits per heavy atom. The minimum atomic E-state index is 0.0153. The summed E-state index contributed by atoms with van der Waals surface area (Å²) in [7, 11) is 0. The zero-order valence-corrected chi connectivity index (χ0v) is 15.5. The van der Waals surface area contributed by atoms with Gasteiger partial charge in [0, 0.05) is 25.5 Å². The largest absolute Gasteiger partial charge is 0.348 e. The normalized spacial score (nSPS) is 23.5. The number of likely N-dealkylation sites (tertiary alicyclic amines) is 2. The average molecular weight is 352 g/mol. The van der Waals surface area contributed by atoms with Crippen molar-refractivity contribution in [3.8, 4) is 0 Å². The Bertz CT molecular complexity index is 720. The number of likely N-dealkylation sites (N-methyl/N-ethyl adjacent to an activating group) is 1. The van der Waals surface area contributed by atoms with Gasteiger partial charge in [0.15, 0.2) is 0 Å². The molecule has 2 aliphatic rings. The zero-order valence-electron chi connectivity index (χ0n) is 15.5. The molecule has 1 aromatic carbocycles. The van der Waals surface area contributed by atoms with Crippen molar-refractivity contribution in [2.24, 2.45) is 5.41 Å². The van der Waals surface area contributed by atoms with Crippen molar-refractivity contribution in [3.05, 3.63) is 54.1 Å². The van der Waals surface area contributed by atoms with Gasteiger partial charge in [0.25, 0.3) is 0 Å². The van der Waals surface area contributed by atoms with Gasteiger partial charge in [0.2, 0.25) is 5.91 Å². The Balaban J connectivity index is 1.48. The van der Waals surface area contributed by atoms with Crippen LogP contribution in [-0.4, -0.2) is 51.9 Å². The Kier molecular flexibility index (Phi) is 4.81. The molecule has 1 N–H and O–H groups in total. The van der Waals surface area contributed by atoms with E-state index in [0.29, 0.717) is 5.91 Å². The first-order chi connectivity index (χ1) is 12.7. The molecule has 138 valence electrons. The number of aromatic nitrogens is 2. The fraction of sp³-hybridized carbons (Fsp3) is 0.524. The number of imidazole rings is 1. The second-order valence-electron chi connectivity index (χ2n) is 7.83. The third-order valence-corrected chi connectivity index (χ3v) is 6.20. The smallest absolute Gasteiger partial charge is 0.230 e. The highest BCUT2D eigenvalue weighted by atomic mass is 16.2. The van der Waals surface area contributed by atoms with Crippen molar-refractivity contribution in [3.63, 3.8) is 0 Å². The summed E-state index contributed by atoms with van der Waals surface area (Å²) in [6, 6.07) is 10.3.